The van der Waals surface area contributed by atoms with Gasteiger partial charge < -0.3 is 10.1 Å². The Labute approximate surface area is 182 Å². The molecule has 0 bridgehead atoms. The van der Waals surface area contributed by atoms with E-state index < -0.39 is 0 Å². The number of nitrogens with one attached hydrogen (secondary N) is 1. The Morgan fingerprint density at radius 2 is 1.83 bits per heavy atom. The molecule has 1 N–H and O–H groups in total. The zero-order chi connectivity index (χ0) is 20.8. The molecule has 1 atom stereocenters. The molecule has 1 amide bonds. The zero-order valence-corrected chi connectivity index (χ0v) is 18.2. The maximum Gasteiger partial charge on any atom is 0.237 e. The van der Waals surface area contributed by atoms with Gasteiger partial charge in [-0.1, -0.05) is 48.9 Å². The van der Waals surface area contributed by atoms with Gasteiger partial charge in [-0.2, -0.15) is 0 Å². The molecule has 30 heavy (non-hydrogen) atoms. The van der Waals surface area contributed by atoms with E-state index >= 15 is 0 Å². The highest BCUT2D eigenvalue weighted by Crippen LogP contribution is 2.26. The fourth-order valence-electron chi connectivity index (χ4n) is 3.98. The van der Waals surface area contributed by atoms with Crippen LogP contribution in [0.15, 0.2) is 66.0 Å². The molecule has 5 heteroatoms. The van der Waals surface area contributed by atoms with Gasteiger partial charge in [0.1, 0.15) is 5.75 Å². The van der Waals surface area contributed by atoms with Crippen molar-refractivity contribution in [3.05, 3.63) is 77.2 Å². The van der Waals surface area contributed by atoms with Crippen molar-refractivity contribution in [2.75, 3.05) is 13.7 Å². The average Bonchev–Trinajstić information content (AvgIpc) is 3.34. The van der Waals surface area contributed by atoms with Gasteiger partial charge in [0.05, 0.1) is 13.2 Å². The van der Waals surface area contributed by atoms with Crippen molar-refractivity contribution in [3.63, 3.8) is 0 Å². The summed E-state index contributed by atoms with van der Waals surface area (Å²) < 4.78 is 5.20. The Bertz CT molecular complexity index is 936. The van der Waals surface area contributed by atoms with Crippen LogP contribution >= 0.6 is 11.3 Å². The SMILES string of the molecule is COc1ccc(CNC(=O)C2CCCCN2Cc2ccc(-c3cccs3)cc2)cc1. The molecule has 1 unspecified atom stereocenters. The molecule has 1 aliphatic rings. The van der Waals surface area contributed by atoms with E-state index in [-0.39, 0.29) is 11.9 Å². The smallest absolute Gasteiger partial charge is 0.237 e. The molecule has 4 nitrogen and oxygen atoms in total. The van der Waals surface area contributed by atoms with Gasteiger partial charge in [-0.25, -0.2) is 0 Å². The van der Waals surface area contributed by atoms with Gasteiger partial charge in [-0.15, -0.1) is 11.3 Å². The molecule has 0 aliphatic carbocycles. The number of carbonyl (C=O) groups is 1. The molecular formula is C25H28N2O2S. The van der Waals surface area contributed by atoms with Crippen LogP contribution in [-0.4, -0.2) is 30.5 Å². The Morgan fingerprint density at radius 1 is 1.07 bits per heavy atom. The summed E-state index contributed by atoms with van der Waals surface area (Å²) in [5.74, 6) is 0.953. The first kappa shape index (κ1) is 20.6. The summed E-state index contributed by atoms with van der Waals surface area (Å²) in [4.78, 5) is 16.5. The standard InChI is InChI=1S/C25H28N2O2S/c1-29-22-13-9-19(10-14-22)17-26-25(28)23-5-2-3-15-27(23)18-20-7-11-21(12-8-20)24-6-4-16-30-24/h4,6-14,16,23H,2-3,5,15,17-18H2,1H3,(H,26,28). The van der Waals surface area contributed by atoms with Crippen molar-refractivity contribution in [2.24, 2.45) is 0 Å². The highest BCUT2D eigenvalue weighted by atomic mass is 32.1. The van der Waals surface area contributed by atoms with E-state index in [1.807, 2.05) is 24.3 Å². The summed E-state index contributed by atoms with van der Waals surface area (Å²) in [5, 5.41) is 5.23. The fourth-order valence-corrected chi connectivity index (χ4v) is 4.71. The van der Waals surface area contributed by atoms with Gasteiger partial charge >= 0.3 is 0 Å². The predicted octanol–water partition coefficient (Wildman–Crippen LogP) is 5.09. The van der Waals surface area contributed by atoms with Crippen LogP contribution in [0.3, 0.4) is 0 Å². The first-order chi connectivity index (χ1) is 14.7. The summed E-state index contributed by atoms with van der Waals surface area (Å²) in [7, 11) is 1.66. The number of methoxy groups -OCH3 is 1. The molecule has 0 spiro atoms. The predicted molar refractivity (Wildman–Crippen MR) is 123 cm³/mol. The van der Waals surface area contributed by atoms with Gasteiger partial charge in [0, 0.05) is 18.0 Å². The number of carbonyl (C=O) groups excluding carboxylic acids is 1. The summed E-state index contributed by atoms with van der Waals surface area (Å²) in [6, 6.07) is 20.8. The van der Waals surface area contributed by atoms with E-state index in [9.17, 15) is 4.79 Å². The van der Waals surface area contributed by atoms with Gasteiger partial charge in [0.15, 0.2) is 0 Å². The third-order valence-corrected chi connectivity index (χ3v) is 6.61. The van der Waals surface area contributed by atoms with E-state index in [0.29, 0.717) is 6.54 Å². The summed E-state index contributed by atoms with van der Waals surface area (Å²) >= 11 is 1.76. The van der Waals surface area contributed by atoms with Crippen molar-refractivity contribution < 1.29 is 9.53 Å². The summed E-state index contributed by atoms with van der Waals surface area (Å²) in [5.41, 5.74) is 3.59. The van der Waals surface area contributed by atoms with Gasteiger partial charge in [-0.05, 0) is 59.7 Å². The minimum Gasteiger partial charge on any atom is -0.497 e. The lowest BCUT2D eigenvalue weighted by molar-refractivity contribution is -0.128. The van der Waals surface area contributed by atoms with Crippen LogP contribution in [0.1, 0.15) is 30.4 Å². The second kappa shape index (κ2) is 9.92. The number of hydrogen-bond donors (Lipinski definition) is 1. The van der Waals surface area contributed by atoms with Gasteiger partial charge in [-0.3, -0.25) is 9.69 Å². The highest BCUT2D eigenvalue weighted by molar-refractivity contribution is 7.13. The van der Waals surface area contributed by atoms with Crippen LogP contribution in [0.4, 0.5) is 0 Å². The maximum absolute atomic E-state index is 12.9. The third-order valence-electron chi connectivity index (χ3n) is 5.69. The molecule has 2 heterocycles. The Balaban J connectivity index is 1.36. The zero-order valence-electron chi connectivity index (χ0n) is 17.3. The van der Waals surface area contributed by atoms with E-state index in [2.05, 4.69) is 52.0 Å². The van der Waals surface area contributed by atoms with E-state index in [1.165, 1.54) is 16.0 Å². The molecule has 2 aromatic carbocycles. The number of thiophene rings is 1. The minimum absolute atomic E-state index is 0.0611. The Kier molecular flexibility index (Phi) is 6.82. The number of amides is 1. The van der Waals surface area contributed by atoms with Crippen LogP contribution in [0.5, 0.6) is 5.75 Å². The maximum atomic E-state index is 12.9. The summed E-state index contributed by atoms with van der Waals surface area (Å²) in [6.07, 6.45) is 3.17. The minimum atomic E-state index is -0.0611. The van der Waals surface area contributed by atoms with Gasteiger partial charge in [0.2, 0.25) is 5.91 Å². The lowest BCUT2D eigenvalue weighted by atomic mass is 10.00. The number of ether oxygens (including phenoxy) is 1. The third kappa shape index (κ3) is 5.10. The lowest BCUT2D eigenvalue weighted by Gasteiger charge is -2.34. The molecule has 0 radical (unpaired) electrons. The number of hydrogen-bond acceptors (Lipinski definition) is 4. The van der Waals surface area contributed by atoms with Crippen molar-refractivity contribution in [1.82, 2.24) is 10.2 Å². The molecule has 0 saturated carbocycles. The van der Waals surface area contributed by atoms with Crippen LogP contribution in [-0.2, 0) is 17.9 Å². The summed E-state index contributed by atoms with van der Waals surface area (Å²) in [6.45, 7) is 2.32. The topological polar surface area (TPSA) is 41.6 Å². The van der Waals surface area contributed by atoms with Crippen molar-refractivity contribution in [1.29, 1.82) is 0 Å². The Hall–Kier alpha value is -2.63. The highest BCUT2D eigenvalue weighted by Gasteiger charge is 2.28. The van der Waals surface area contributed by atoms with Crippen LogP contribution < -0.4 is 10.1 Å². The molecule has 4 rings (SSSR count). The van der Waals surface area contributed by atoms with Gasteiger partial charge in [0.25, 0.3) is 0 Å². The quantitative estimate of drug-likeness (QED) is 0.579. The molecule has 3 aromatic rings. The monoisotopic (exact) mass is 420 g/mol. The average molecular weight is 421 g/mol. The van der Waals surface area contributed by atoms with Crippen molar-refractivity contribution >= 4 is 17.2 Å². The van der Waals surface area contributed by atoms with Crippen LogP contribution in [0.25, 0.3) is 10.4 Å². The lowest BCUT2D eigenvalue weighted by Crippen LogP contribution is -2.48. The van der Waals surface area contributed by atoms with Crippen molar-refractivity contribution in [2.45, 2.75) is 38.4 Å². The Morgan fingerprint density at radius 3 is 2.53 bits per heavy atom. The fraction of sp³-hybridized carbons (Fsp3) is 0.320. The van der Waals surface area contributed by atoms with E-state index in [1.54, 1.807) is 18.4 Å². The molecule has 156 valence electrons. The molecule has 1 aliphatic heterocycles. The largest absolute Gasteiger partial charge is 0.497 e. The molecule has 1 saturated heterocycles. The number of rotatable bonds is 7. The van der Waals surface area contributed by atoms with E-state index in [0.717, 1.165) is 43.7 Å². The molecular weight excluding hydrogens is 392 g/mol. The second-order valence-corrected chi connectivity index (χ2v) is 8.67. The normalized spacial score (nSPS) is 16.9. The molecule has 1 fully saturated rings. The van der Waals surface area contributed by atoms with Crippen molar-refractivity contribution in [3.8, 4) is 16.2 Å². The number of nitrogens with zero attached hydrogens (tertiary/aromatic N) is 1. The number of piperidine rings is 1. The first-order valence-electron chi connectivity index (χ1n) is 10.5. The van der Waals surface area contributed by atoms with E-state index in [4.69, 9.17) is 4.74 Å². The number of likely N-dealkylation sites (tertiary alicyclic amines) is 1. The van der Waals surface area contributed by atoms with Crippen LogP contribution in [0.2, 0.25) is 0 Å². The van der Waals surface area contributed by atoms with Crippen LogP contribution in [0, 0.1) is 0 Å². The first-order valence-corrected chi connectivity index (χ1v) is 11.4. The molecule has 1 aromatic heterocycles. The second-order valence-electron chi connectivity index (χ2n) is 7.72. The number of benzene rings is 2.